The molecule has 8 heteroatoms. The summed E-state index contributed by atoms with van der Waals surface area (Å²) in [5, 5.41) is 15.7. The van der Waals surface area contributed by atoms with Crippen molar-refractivity contribution in [1.82, 2.24) is 19.7 Å². The van der Waals surface area contributed by atoms with E-state index < -0.39 is 11.6 Å². The molecule has 4 rings (SSSR count). The number of benzene rings is 1. The summed E-state index contributed by atoms with van der Waals surface area (Å²) in [5.41, 5.74) is 5.12. The molecule has 1 N–H and O–H groups in total. The second kappa shape index (κ2) is 8.52. The van der Waals surface area contributed by atoms with Crippen LogP contribution in [0.15, 0.2) is 42.7 Å². The van der Waals surface area contributed by atoms with Gasteiger partial charge in [-0.25, -0.2) is 9.48 Å². The van der Waals surface area contributed by atoms with Crippen LogP contribution in [0, 0.1) is 0 Å². The van der Waals surface area contributed by atoms with Crippen molar-refractivity contribution in [2.45, 2.75) is 52.1 Å². The molecule has 0 bridgehead atoms. The van der Waals surface area contributed by atoms with E-state index in [0.29, 0.717) is 5.02 Å². The zero-order valence-electron chi connectivity index (χ0n) is 18.0. The molecule has 0 saturated heterocycles. The summed E-state index contributed by atoms with van der Waals surface area (Å²) in [5.74, 6) is 0. The van der Waals surface area contributed by atoms with Crippen LogP contribution in [0.2, 0.25) is 5.02 Å². The smallest absolute Gasteiger partial charge is 0.408 e. The normalized spacial score (nSPS) is 12.7. The van der Waals surface area contributed by atoms with Gasteiger partial charge in [-0.3, -0.25) is 9.88 Å². The number of carbonyl (C=O) groups is 1. The van der Waals surface area contributed by atoms with Gasteiger partial charge >= 0.3 is 6.09 Å². The number of pyridine rings is 1. The number of rotatable bonds is 4. The van der Waals surface area contributed by atoms with Crippen molar-refractivity contribution >= 4 is 30.1 Å². The molecule has 0 saturated carbocycles. The number of nitrogens with zero attached hydrogens (tertiary/aromatic N) is 4. The van der Waals surface area contributed by atoms with Crippen molar-refractivity contribution in [3.63, 3.8) is 0 Å². The van der Waals surface area contributed by atoms with Crippen molar-refractivity contribution in [3.8, 4) is 16.8 Å². The summed E-state index contributed by atoms with van der Waals surface area (Å²) >= 11 is 6.25. The van der Waals surface area contributed by atoms with E-state index in [-0.39, 0.29) is 18.4 Å². The first-order valence-corrected chi connectivity index (χ1v) is 10.4. The molecule has 164 valence electrons. The molecular formula is C23H26Cl2N4O2. The molecule has 0 aliphatic heterocycles. The van der Waals surface area contributed by atoms with Crippen molar-refractivity contribution in [3.05, 3.63) is 64.7 Å². The van der Waals surface area contributed by atoms with E-state index in [1.807, 2.05) is 62.7 Å². The fraction of sp³-hybridized carbons (Fsp3) is 0.348. The Bertz CT molecular complexity index is 1110. The zero-order chi connectivity index (χ0) is 21.6. The molecule has 0 radical (unpaired) electrons. The van der Waals surface area contributed by atoms with Crippen LogP contribution < -0.4 is 0 Å². The van der Waals surface area contributed by atoms with Crippen LogP contribution in [0.1, 0.15) is 44.6 Å². The molecule has 6 nitrogen and oxygen atoms in total. The van der Waals surface area contributed by atoms with Gasteiger partial charge in [-0.05, 0) is 75.9 Å². The van der Waals surface area contributed by atoms with Gasteiger partial charge < -0.3 is 5.11 Å². The van der Waals surface area contributed by atoms with Crippen molar-refractivity contribution < 1.29 is 9.90 Å². The average Bonchev–Trinajstić information content (AvgIpc) is 3.08. The summed E-state index contributed by atoms with van der Waals surface area (Å²) < 4.78 is 1.94. The molecule has 3 aromatic rings. The van der Waals surface area contributed by atoms with Crippen molar-refractivity contribution in [1.29, 1.82) is 0 Å². The van der Waals surface area contributed by atoms with Gasteiger partial charge in [0.05, 0.1) is 22.6 Å². The van der Waals surface area contributed by atoms with Gasteiger partial charge in [-0.1, -0.05) is 17.7 Å². The minimum Gasteiger partial charge on any atom is -0.465 e. The number of fused-ring (bicyclic) bond motifs is 3. The number of carboxylic acid groups (broad SMARTS) is 1. The number of aromatic nitrogens is 3. The predicted molar refractivity (Wildman–Crippen MR) is 124 cm³/mol. The van der Waals surface area contributed by atoms with E-state index in [9.17, 15) is 9.90 Å². The highest BCUT2D eigenvalue weighted by atomic mass is 35.5. The van der Waals surface area contributed by atoms with Crippen molar-refractivity contribution in [2.75, 3.05) is 0 Å². The molecule has 0 spiro atoms. The molecule has 1 amide bonds. The molecule has 1 aliphatic rings. The quantitative estimate of drug-likeness (QED) is 0.539. The van der Waals surface area contributed by atoms with Crippen LogP contribution in [0.5, 0.6) is 0 Å². The molecule has 0 fully saturated rings. The number of hydrogen-bond donors (Lipinski definition) is 1. The molecule has 1 aliphatic carbocycles. The highest BCUT2D eigenvalue weighted by molar-refractivity contribution is 6.30. The first kappa shape index (κ1) is 23.1. The summed E-state index contributed by atoms with van der Waals surface area (Å²) in [6.45, 7) is 7.61. The minimum absolute atomic E-state index is 0. The van der Waals surface area contributed by atoms with E-state index >= 15 is 0 Å². The molecule has 31 heavy (non-hydrogen) atoms. The Hall–Kier alpha value is -2.57. The lowest BCUT2D eigenvalue weighted by atomic mass is 9.83. The molecular weight excluding hydrogens is 435 g/mol. The average molecular weight is 461 g/mol. The number of aryl methyl sites for hydroxylation is 1. The Morgan fingerprint density at radius 2 is 1.87 bits per heavy atom. The second-order valence-corrected chi connectivity index (χ2v) is 8.83. The van der Waals surface area contributed by atoms with Crippen LogP contribution in [-0.2, 0) is 18.4 Å². The standard InChI is InChI=1S/C23H25ClN4O2.ClH/c1-14(2)27(22(29)30)23(3,4)21-20-18-7-6-16(24)13-15(18)5-8-19(20)28(26-21)17-9-11-25-12-10-17;/h6-7,9-14H,5,8H2,1-4H3,(H,29,30);1H. The lowest BCUT2D eigenvalue weighted by Gasteiger charge is -2.39. The maximum atomic E-state index is 12.2. The highest BCUT2D eigenvalue weighted by Crippen LogP contribution is 2.43. The fourth-order valence-electron chi connectivity index (χ4n) is 4.58. The van der Waals surface area contributed by atoms with Gasteiger partial charge in [0.25, 0.3) is 0 Å². The molecule has 2 heterocycles. The van der Waals surface area contributed by atoms with Crippen LogP contribution in [0.3, 0.4) is 0 Å². The lowest BCUT2D eigenvalue weighted by Crippen LogP contribution is -2.49. The van der Waals surface area contributed by atoms with E-state index in [4.69, 9.17) is 16.7 Å². The fourth-order valence-corrected chi connectivity index (χ4v) is 4.77. The third-order valence-electron chi connectivity index (χ3n) is 5.76. The lowest BCUT2D eigenvalue weighted by molar-refractivity contribution is 0.0687. The van der Waals surface area contributed by atoms with Crippen LogP contribution in [-0.4, -0.2) is 36.9 Å². The van der Waals surface area contributed by atoms with E-state index in [2.05, 4.69) is 4.98 Å². The van der Waals surface area contributed by atoms with Crippen LogP contribution >= 0.6 is 24.0 Å². The van der Waals surface area contributed by atoms with Crippen LogP contribution in [0.4, 0.5) is 4.79 Å². The summed E-state index contributed by atoms with van der Waals surface area (Å²) in [4.78, 5) is 17.7. The van der Waals surface area contributed by atoms with E-state index in [0.717, 1.165) is 46.6 Å². The maximum Gasteiger partial charge on any atom is 0.408 e. The first-order chi connectivity index (χ1) is 14.2. The maximum absolute atomic E-state index is 12.2. The Kier molecular flexibility index (Phi) is 6.35. The highest BCUT2D eigenvalue weighted by Gasteiger charge is 2.41. The predicted octanol–water partition coefficient (Wildman–Crippen LogP) is 5.73. The largest absolute Gasteiger partial charge is 0.465 e. The Morgan fingerprint density at radius 1 is 1.19 bits per heavy atom. The summed E-state index contributed by atoms with van der Waals surface area (Å²) in [6, 6.07) is 9.53. The van der Waals surface area contributed by atoms with E-state index in [1.54, 1.807) is 12.4 Å². The number of amides is 1. The molecule has 0 atom stereocenters. The summed E-state index contributed by atoms with van der Waals surface area (Å²) in [6.07, 6.45) is 4.16. The zero-order valence-corrected chi connectivity index (χ0v) is 19.5. The van der Waals surface area contributed by atoms with Crippen LogP contribution in [0.25, 0.3) is 16.8 Å². The SMILES string of the molecule is CC(C)N(C(=O)O)C(C)(C)c1nn(-c2ccncc2)c2c1-c1ccc(Cl)cc1CC2.Cl. The summed E-state index contributed by atoms with van der Waals surface area (Å²) in [7, 11) is 0. The Morgan fingerprint density at radius 3 is 2.48 bits per heavy atom. The third kappa shape index (κ3) is 3.90. The molecule has 2 aromatic heterocycles. The van der Waals surface area contributed by atoms with Crippen molar-refractivity contribution in [2.24, 2.45) is 0 Å². The molecule has 0 unspecified atom stereocenters. The van der Waals surface area contributed by atoms with Gasteiger partial charge in [-0.2, -0.15) is 5.10 Å². The van der Waals surface area contributed by atoms with E-state index in [1.165, 1.54) is 4.90 Å². The van der Waals surface area contributed by atoms with Gasteiger partial charge in [0.1, 0.15) is 0 Å². The second-order valence-electron chi connectivity index (χ2n) is 8.39. The minimum atomic E-state index is -0.964. The monoisotopic (exact) mass is 460 g/mol. The number of hydrogen-bond acceptors (Lipinski definition) is 3. The van der Waals surface area contributed by atoms with Gasteiger partial charge in [0.15, 0.2) is 0 Å². The first-order valence-electron chi connectivity index (χ1n) is 10.1. The molecule has 1 aromatic carbocycles. The van der Waals surface area contributed by atoms with Gasteiger partial charge in [0.2, 0.25) is 0 Å². The van der Waals surface area contributed by atoms with Gasteiger partial charge in [0, 0.05) is 29.0 Å². The Labute approximate surface area is 193 Å². The van der Waals surface area contributed by atoms with Gasteiger partial charge in [-0.15, -0.1) is 12.4 Å². The topological polar surface area (TPSA) is 71.2 Å². The Balaban J connectivity index is 0.00000272. The number of halogens is 2. The third-order valence-corrected chi connectivity index (χ3v) is 6.00.